The molecule has 0 bridgehead atoms. The zero-order chi connectivity index (χ0) is 7.28. The molecule has 0 fully saturated rings. The van der Waals surface area contributed by atoms with Crippen LogP contribution in [0.25, 0.3) is 0 Å². The fraction of sp³-hybridized carbons (Fsp3) is 0.750. The van der Waals surface area contributed by atoms with Gasteiger partial charge in [0.2, 0.25) is 0 Å². The summed E-state index contributed by atoms with van der Waals surface area (Å²) in [5.74, 6) is -1.11. The lowest BCUT2D eigenvalue weighted by atomic mass is 10.3. The van der Waals surface area contributed by atoms with Crippen molar-refractivity contribution in [3.05, 3.63) is 0 Å². The van der Waals surface area contributed by atoms with Gasteiger partial charge in [0.05, 0.1) is 0 Å². The van der Waals surface area contributed by atoms with Crippen LogP contribution in [-0.2, 0) is 19.8 Å². The Labute approximate surface area is 51.7 Å². The maximum Gasteiger partial charge on any atom is 0.377 e. The van der Waals surface area contributed by atoms with Crippen LogP contribution in [0, 0.1) is 0 Å². The Hall–Kier alpha value is -0.650. The van der Waals surface area contributed by atoms with Crippen molar-refractivity contribution in [2.75, 3.05) is 0 Å². The maximum absolute atomic E-state index is 10.2. The van der Waals surface area contributed by atoms with E-state index in [0.29, 0.717) is 0 Å². The first-order chi connectivity index (χ1) is 4.26. The first kappa shape index (κ1) is 8.35. The molecular weight excluding hydrogens is 128 g/mol. The van der Waals surface area contributed by atoms with Gasteiger partial charge in [-0.3, -0.25) is 10.1 Å². The molecular formula is C4H7O5. The standard InChI is InChI=1S/C4H7O5/c1-2-3(8-6)4(5)9-7/h3,6H,2H2,1H3. The van der Waals surface area contributed by atoms with Crippen molar-refractivity contribution in [3.63, 3.8) is 0 Å². The van der Waals surface area contributed by atoms with Crippen molar-refractivity contribution >= 4 is 5.97 Å². The molecule has 0 aromatic rings. The first-order valence-electron chi connectivity index (χ1n) is 2.40. The lowest BCUT2D eigenvalue weighted by molar-refractivity contribution is -0.319. The molecule has 0 aliphatic rings. The van der Waals surface area contributed by atoms with Crippen LogP contribution in [0.2, 0.25) is 0 Å². The highest BCUT2D eigenvalue weighted by Gasteiger charge is 2.18. The van der Waals surface area contributed by atoms with Gasteiger partial charge in [0.25, 0.3) is 0 Å². The quantitative estimate of drug-likeness (QED) is 0.441. The smallest absolute Gasteiger partial charge is 0.263 e. The lowest BCUT2D eigenvalue weighted by Gasteiger charge is -2.03. The molecule has 1 atom stereocenters. The van der Waals surface area contributed by atoms with Crippen molar-refractivity contribution in [2.45, 2.75) is 19.4 Å². The van der Waals surface area contributed by atoms with Crippen molar-refractivity contribution in [1.82, 2.24) is 0 Å². The summed E-state index contributed by atoms with van der Waals surface area (Å²) in [5.41, 5.74) is 0. The predicted octanol–water partition coefficient (Wildman–Crippen LogP) is 0.143. The Balaban J connectivity index is 3.64. The average Bonchev–Trinajstić information content (AvgIpc) is 1.90. The van der Waals surface area contributed by atoms with E-state index in [4.69, 9.17) is 5.26 Å². The van der Waals surface area contributed by atoms with Crippen molar-refractivity contribution in [3.8, 4) is 0 Å². The third kappa shape index (κ3) is 2.41. The second-order valence-corrected chi connectivity index (χ2v) is 1.40. The fourth-order valence-corrected chi connectivity index (χ4v) is 0.338. The zero-order valence-corrected chi connectivity index (χ0v) is 4.86. The number of carbonyl (C=O) groups is 1. The van der Waals surface area contributed by atoms with Gasteiger partial charge in [-0.1, -0.05) is 6.92 Å². The average molecular weight is 135 g/mol. The summed E-state index contributed by atoms with van der Waals surface area (Å²) in [4.78, 5) is 16.8. The Morgan fingerprint density at radius 3 is 2.44 bits per heavy atom. The molecule has 0 aromatic carbocycles. The molecule has 0 saturated carbocycles. The minimum Gasteiger partial charge on any atom is -0.263 e. The van der Waals surface area contributed by atoms with Gasteiger partial charge in [0, 0.05) is 5.26 Å². The molecule has 0 saturated heterocycles. The van der Waals surface area contributed by atoms with E-state index in [1.165, 1.54) is 0 Å². The van der Waals surface area contributed by atoms with E-state index in [1.807, 2.05) is 0 Å². The molecule has 0 aliphatic heterocycles. The summed E-state index contributed by atoms with van der Waals surface area (Å²) in [5, 5.41) is 17.2. The molecule has 0 rings (SSSR count). The topological polar surface area (TPSA) is 75.7 Å². The zero-order valence-electron chi connectivity index (χ0n) is 4.86. The Bertz CT molecular complexity index is 87.0. The third-order valence-electron chi connectivity index (χ3n) is 0.843. The highest BCUT2D eigenvalue weighted by Crippen LogP contribution is 1.96. The molecule has 0 aromatic heterocycles. The molecule has 53 valence electrons. The fourth-order valence-electron chi connectivity index (χ4n) is 0.338. The van der Waals surface area contributed by atoms with E-state index in [1.54, 1.807) is 6.92 Å². The summed E-state index contributed by atoms with van der Waals surface area (Å²) in [7, 11) is 0. The molecule has 1 unspecified atom stereocenters. The number of carbonyl (C=O) groups excluding carboxylic acids is 1. The Kier molecular flexibility index (Phi) is 3.94. The molecule has 1 N–H and O–H groups in total. The molecule has 0 heterocycles. The second-order valence-electron chi connectivity index (χ2n) is 1.40. The van der Waals surface area contributed by atoms with Crippen LogP contribution in [-0.4, -0.2) is 17.3 Å². The SMILES string of the molecule is CCC(OO)C(=O)O[O]. The van der Waals surface area contributed by atoms with Gasteiger partial charge in [-0.2, -0.15) is 0 Å². The van der Waals surface area contributed by atoms with Gasteiger partial charge in [-0.25, -0.2) is 9.68 Å². The van der Waals surface area contributed by atoms with E-state index in [9.17, 15) is 10.1 Å². The van der Waals surface area contributed by atoms with Gasteiger partial charge in [0.15, 0.2) is 6.10 Å². The van der Waals surface area contributed by atoms with Gasteiger partial charge >= 0.3 is 5.97 Å². The lowest BCUT2D eigenvalue weighted by Crippen LogP contribution is -2.23. The molecule has 5 nitrogen and oxygen atoms in total. The van der Waals surface area contributed by atoms with Crippen LogP contribution >= 0.6 is 0 Å². The molecule has 0 aliphatic carbocycles. The Morgan fingerprint density at radius 1 is 1.78 bits per heavy atom. The summed E-state index contributed by atoms with van der Waals surface area (Å²) in [6.07, 6.45) is -0.945. The van der Waals surface area contributed by atoms with Crippen molar-refractivity contribution in [2.24, 2.45) is 0 Å². The van der Waals surface area contributed by atoms with Crippen LogP contribution in [0.5, 0.6) is 0 Å². The number of rotatable bonds is 3. The highest BCUT2D eigenvalue weighted by molar-refractivity contribution is 5.73. The van der Waals surface area contributed by atoms with Gasteiger partial charge in [0.1, 0.15) is 0 Å². The number of hydrogen-bond donors (Lipinski definition) is 1. The van der Waals surface area contributed by atoms with E-state index in [2.05, 4.69) is 9.78 Å². The summed E-state index contributed by atoms with van der Waals surface area (Å²) >= 11 is 0. The molecule has 9 heavy (non-hydrogen) atoms. The van der Waals surface area contributed by atoms with E-state index >= 15 is 0 Å². The molecule has 5 heteroatoms. The van der Waals surface area contributed by atoms with Crippen LogP contribution < -0.4 is 0 Å². The van der Waals surface area contributed by atoms with Crippen LogP contribution in [0.3, 0.4) is 0 Å². The van der Waals surface area contributed by atoms with E-state index < -0.39 is 12.1 Å². The molecule has 0 spiro atoms. The Morgan fingerprint density at radius 2 is 2.33 bits per heavy atom. The predicted molar refractivity (Wildman–Crippen MR) is 24.6 cm³/mol. The maximum atomic E-state index is 10.2. The molecule has 1 radical (unpaired) electrons. The minimum absolute atomic E-state index is 0.206. The van der Waals surface area contributed by atoms with Crippen molar-refractivity contribution < 1.29 is 25.1 Å². The van der Waals surface area contributed by atoms with Crippen LogP contribution in [0.1, 0.15) is 13.3 Å². The second kappa shape index (κ2) is 4.25. The van der Waals surface area contributed by atoms with E-state index in [0.717, 1.165) is 0 Å². The summed E-state index contributed by atoms with van der Waals surface area (Å²) in [6.45, 7) is 1.57. The van der Waals surface area contributed by atoms with Gasteiger partial charge < -0.3 is 0 Å². The molecule has 0 amide bonds. The first-order valence-corrected chi connectivity index (χ1v) is 2.40. The van der Waals surface area contributed by atoms with Gasteiger partial charge in [-0.05, 0) is 6.42 Å². The van der Waals surface area contributed by atoms with E-state index in [-0.39, 0.29) is 6.42 Å². The van der Waals surface area contributed by atoms with Gasteiger partial charge in [-0.15, -0.1) is 0 Å². The minimum atomic E-state index is -1.15. The van der Waals surface area contributed by atoms with Crippen LogP contribution in [0.15, 0.2) is 0 Å². The number of hydrogen-bond acceptors (Lipinski definition) is 4. The normalized spacial score (nSPS) is 12.8. The monoisotopic (exact) mass is 135 g/mol. The third-order valence-corrected chi connectivity index (χ3v) is 0.843. The highest BCUT2D eigenvalue weighted by atomic mass is 17.1. The van der Waals surface area contributed by atoms with Crippen LogP contribution in [0.4, 0.5) is 0 Å². The van der Waals surface area contributed by atoms with Crippen molar-refractivity contribution in [1.29, 1.82) is 0 Å². The summed E-state index contributed by atoms with van der Waals surface area (Å²) < 4.78 is 0. The summed E-state index contributed by atoms with van der Waals surface area (Å²) in [6, 6.07) is 0. The largest absolute Gasteiger partial charge is 0.377 e.